The molecule has 0 fully saturated rings. The van der Waals surface area contributed by atoms with E-state index in [0.717, 1.165) is 12.3 Å². The Labute approximate surface area is 179 Å². The second-order valence-corrected chi connectivity index (χ2v) is 6.39. The lowest BCUT2D eigenvalue weighted by molar-refractivity contribution is 0.0818. The van der Waals surface area contributed by atoms with E-state index in [0.29, 0.717) is 11.8 Å². The van der Waals surface area contributed by atoms with Gasteiger partial charge in [-0.25, -0.2) is 4.79 Å². The fraction of sp³-hybridized carbons (Fsp3) is 0.500. The number of carbonyl (C=O) groups is 1. The monoisotopic (exact) mass is 398 g/mol. The molecule has 3 nitrogen and oxygen atoms in total. The first-order chi connectivity index (χ1) is 13.8. The molecular weight excluding hydrogens is 360 g/mol. The zero-order chi connectivity index (χ0) is 22.9. The van der Waals surface area contributed by atoms with Gasteiger partial charge in [-0.3, -0.25) is 0 Å². The van der Waals surface area contributed by atoms with Crippen LogP contribution < -0.4 is 0 Å². The number of rotatable bonds is 6. The molecule has 0 bridgehead atoms. The van der Waals surface area contributed by atoms with Gasteiger partial charge < -0.3 is 9.47 Å². The van der Waals surface area contributed by atoms with Gasteiger partial charge in [0.1, 0.15) is 6.61 Å². The van der Waals surface area contributed by atoms with Crippen LogP contribution in [0.3, 0.4) is 0 Å². The summed E-state index contributed by atoms with van der Waals surface area (Å²) in [5.41, 5.74) is 0. The molecule has 0 radical (unpaired) electrons. The van der Waals surface area contributed by atoms with Gasteiger partial charge in [-0.05, 0) is 57.3 Å². The summed E-state index contributed by atoms with van der Waals surface area (Å²) in [6.07, 6.45) is 9.63. The number of methoxy groups -OCH3 is 1. The van der Waals surface area contributed by atoms with E-state index in [2.05, 4.69) is 85.3 Å². The first-order valence-electron chi connectivity index (χ1n) is 9.70. The Morgan fingerprint density at radius 1 is 0.966 bits per heavy atom. The van der Waals surface area contributed by atoms with Gasteiger partial charge in [0.2, 0.25) is 0 Å². The summed E-state index contributed by atoms with van der Waals surface area (Å²) in [6.45, 7) is 18.0. The van der Waals surface area contributed by atoms with Crippen LogP contribution in [-0.2, 0) is 9.47 Å². The van der Waals surface area contributed by atoms with E-state index in [9.17, 15) is 4.79 Å². The molecule has 0 aliphatic heterocycles. The highest BCUT2D eigenvalue weighted by Gasteiger charge is 2.02. The van der Waals surface area contributed by atoms with Crippen molar-refractivity contribution < 1.29 is 14.3 Å². The maximum atomic E-state index is 10.3. The topological polar surface area (TPSA) is 35.5 Å². The summed E-state index contributed by atoms with van der Waals surface area (Å²) in [7, 11) is 1.26. The largest absolute Gasteiger partial charge is 0.508 e. The lowest BCUT2D eigenvalue weighted by Gasteiger charge is -2.07. The molecule has 0 aliphatic carbocycles. The van der Waals surface area contributed by atoms with Crippen molar-refractivity contribution >= 4 is 6.16 Å². The zero-order valence-corrected chi connectivity index (χ0v) is 19.5. The van der Waals surface area contributed by atoms with Gasteiger partial charge in [0.05, 0.1) is 7.11 Å². The minimum atomic E-state index is -0.681. The number of hydrogen-bond acceptors (Lipinski definition) is 3. The summed E-state index contributed by atoms with van der Waals surface area (Å²) >= 11 is 0. The van der Waals surface area contributed by atoms with Crippen LogP contribution in [-0.4, -0.2) is 19.9 Å². The van der Waals surface area contributed by atoms with Gasteiger partial charge >= 0.3 is 6.16 Å². The molecule has 1 atom stereocenters. The Morgan fingerprint density at radius 2 is 1.52 bits per heavy atom. The van der Waals surface area contributed by atoms with Crippen LogP contribution in [0, 0.1) is 53.3 Å². The van der Waals surface area contributed by atoms with Crippen molar-refractivity contribution in [2.75, 3.05) is 13.7 Å². The van der Waals surface area contributed by atoms with Gasteiger partial charge in [0.15, 0.2) is 0 Å². The third-order valence-electron chi connectivity index (χ3n) is 3.05. The molecule has 0 aromatic heterocycles. The molecule has 29 heavy (non-hydrogen) atoms. The molecule has 0 aromatic carbocycles. The van der Waals surface area contributed by atoms with Crippen molar-refractivity contribution in [3.63, 3.8) is 0 Å². The first kappa shape index (κ1) is 30.9. The Hall–Kier alpha value is -2.83. The molecule has 0 heterocycles. The molecule has 0 aliphatic rings. The Morgan fingerprint density at radius 3 is 1.86 bits per heavy atom. The van der Waals surface area contributed by atoms with Gasteiger partial charge in [0.25, 0.3) is 0 Å². The summed E-state index contributed by atoms with van der Waals surface area (Å²) in [4.78, 5) is 10.3. The van der Waals surface area contributed by atoms with Crippen molar-refractivity contribution in [3.8, 4) is 35.5 Å². The molecule has 0 N–H and O–H groups in total. The van der Waals surface area contributed by atoms with E-state index >= 15 is 0 Å². The fourth-order valence-corrected chi connectivity index (χ4v) is 1.51. The van der Waals surface area contributed by atoms with Gasteiger partial charge in [-0.15, -0.1) is 24.3 Å². The normalized spacial score (nSPS) is 10.0. The highest BCUT2D eigenvalue weighted by molar-refractivity contribution is 5.59. The summed E-state index contributed by atoms with van der Waals surface area (Å²) in [5, 5.41) is 0. The molecule has 160 valence electrons. The van der Waals surface area contributed by atoms with Crippen LogP contribution in [0.15, 0.2) is 37.0 Å². The average Bonchev–Trinajstić information content (AvgIpc) is 2.69. The predicted octanol–water partition coefficient (Wildman–Crippen LogP) is 6.43. The number of ether oxygens (including phenoxy) is 2. The number of carbonyl (C=O) groups excluding carboxylic acids is 1. The van der Waals surface area contributed by atoms with Gasteiger partial charge in [-0.1, -0.05) is 57.6 Å². The molecule has 0 rings (SSSR count). The minimum absolute atomic E-state index is 0.196. The lowest BCUT2D eigenvalue weighted by atomic mass is 9.97. The van der Waals surface area contributed by atoms with Gasteiger partial charge in [0, 0.05) is 5.92 Å². The summed E-state index contributed by atoms with van der Waals surface area (Å²) in [6, 6.07) is 0. The molecule has 0 aromatic rings. The Bertz CT molecular complexity index is 647. The van der Waals surface area contributed by atoms with Crippen molar-refractivity contribution in [2.45, 2.75) is 54.9 Å². The van der Waals surface area contributed by atoms with Crippen LogP contribution in [0.25, 0.3) is 0 Å². The molecule has 0 spiro atoms. The van der Waals surface area contributed by atoms with Crippen molar-refractivity contribution in [3.05, 3.63) is 37.0 Å². The third-order valence-corrected chi connectivity index (χ3v) is 3.05. The van der Waals surface area contributed by atoms with Crippen LogP contribution in [0.5, 0.6) is 0 Å². The summed E-state index contributed by atoms with van der Waals surface area (Å²) in [5.74, 6) is 18.7. The Balaban J connectivity index is -0.000000352. The maximum absolute atomic E-state index is 10.3. The highest BCUT2D eigenvalue weighted by Crippen LogP contribution is 2.09. The molecule has 3 heteroatoms. The van der Waals surface area contributed by atoms with E-state index in [1.54, 1.807) is 19.1 Å². The molecular formula is C26H38O3. The van der Waals surface area contributed by atoms with E-state index < -0.39 is 6.16 Å². The van der Waals surface area contributed by atoms with Gasteiger partial charge in [-0.2, -0.15) is 0 Å². The highest BCUT2D eigenvalue weighted by atomic mass is 16.7. The molecule has 0 amide bonds. The molecule has 1 unspecified atom stereocenters. The average molecular weight is 399 g/mol. The second kappa shape index (κ2) is 25.2. The number of hydrogen-bond donors (Lipinski definition) is 0. The van der Waals surface area contributed by atoms with Crippen molar-refractivity contribution in [1.29, 1.82) is 0 Å². The molecule has 0 saturated carbocycles. The smallest absolute Gasteiger partial charge is 0.438 e. The van der Waals surface area contributed by atoms with Crippen LogP contribution in [0.1, 0.15) is 54.9 Å². The van der Waals surface area contributed by atoms with Crippen LogP contribution in [0.2, 0.25) is 0 Å². The van der Waals surface area contributed by atoms with Crippen LogP contribution >= 0.6 is 0 Å². The predicted molar refractivity (Wildman–Crippen MR) is 125 cm³/mol. The standard InChI is InChI=1S/2C9H14.C8H10O3/c1-5-7-9(6-2)8(3)4;1-4-5-6-7-8-9(2)3;1-3-4-5-6-7-11-8(9)10-2/h6,8-9H,2H2,1,3-4H3;6-7,9H,8H2,1-3H3;5-6H,7H2,1-2H3/b;7-6+;6-5+. The van der Waals surface area contributed by atoms with E-state index in [4.69, 9.17) is 0 Å². The lowest BCUT2D eigenvalue weighted by Crippen LogP contribution is -2.03. The van der Waals surface area contributed by atoms with Crippen molar-refractivity contribution in [1.82, 2.24) is 0 Å². The van der Waals surface area contributed by atoms with Crippen molar-refractivity contribution in [2.24, 2.45) is 17.8 Å². The van der Waals surface area contributed by atoms with E-state index in [1.165, 1.54) is 7.11 Å². The first-order valence-corrected chi connectivity index (χ1v) is 9.70. The fourth-order valence-electron chi connectivity index (χ4n) is 1.51. The number of allylic oxidation sites excluding steroid dienone is 4. The second-order valence-electron chi connectivity index (χ2n) is 6.39. The maximum Gasteiger partial charge on any atom is 0.508 e. The zero-order valence-electron chi connectivity index (χ0n) is 19.5. The van der Waals surface area contributed by atoms with Crippen LogP contribution in [0.4, 0.5) is 4.79 Å². The van der Waals surface area contributed by atoms with E-state index in [-0.39, 0.29) is 6.61 Å². The Kier molecular flexibility index (Phi) is 26.8. The minimum Gasteiger partial charge on any atom is -0.438 e. The SMILES string of the molecule is C=CC(C#CC)C(C)C.CC#C/C=C/CC(C)C.CC#C/C=C/COC(=O)OC. The third kappa shape index (κ3) is 30.2. The van der Waals surface area contributed by atoms with E-state index in [1.807, 2.05) is 26.0 Å². The quantitative estimate of drug-likeness (QED) is 0.294. The molecule has 0 saturated heterocycles. The summed E-state index contributed by atoms with van der Waals surface area (Å²) < 4.78 is 8.75.